The molecule has 0 fully saturated rings. The predicted molar refractivity (Wildman–Crippen MR) is 131 cm³/mol. The summed E-state index contributed by atoms with van der Waals surface area (Å²) >= 11 is 0. The summed E-state index contributed by atoms with van der Waals surface area (Å²) in [5.41, 5.74) is 4.32. The molecule has 0 aliphatic heterocycles. The molecule has 0 unspecified atom stereocenters. The maximum atomic E-state index is 11.6. The summed E-state index contributed by atoms with van der Waals surface area (Å²) in [6.45, 7) is 6.26. The fourth-order valence-electron chi connectivity index (χ4n) is 2.79. The molecule has 0 saturated carbocycles. The highest BCUT2D eigenvalue weighted by Crippen LogP contribution is 2.11. The average molecular weight is 530 g/mol. The number of benzene rings is 2. The van der Waals surface area contributed by atoms with E-state index in [2.05, 4.69) is 40.1 Å². The van der Waals surface area contributed by atoms with Gasteiger partial charge >= 0.3 is 0 Å². The Morgan fingerprint density at radius 2 is 1.69 bits per heavy atom. The van der Waals surface area contributed by atoms with Crippen LogP contribution in [0, 0.1) is 6.92 Å². The highest BCUT2D eigenvalue weighted by atomic mass is 127. The Morgan fingerprint density at radius 3 is 2.28 bits per heavy atom. The Bertz CT molecular complexity index is 899. The van der Waals surface area contributed by atoms with Gasteiger partial charge in [-0.3, -0.25) is 0 Å². The van der Waals surface area contributed by atoms with Crippen molar-refractivity contribution in [1.82, 2.24) is 14.9 Å². The number of rotatable bonds is 8. The monoisotopic (exact) mass is 530 g/mol. The summed E-state index contributed by atoms with van der Waals surface area (Å²) in [5.74, 6) is 0.821. The summed E-state index contributed by atoms with van der Waals surface area (Å²) in [6, 6.07) is 15.9. The lowest BCUT2D eigenvalue weighted by molar-refractivity contribution is 0.475. The topological polar surface area (TPSA) is 73.8 Å². The molecule has 0 amide bonds. The van der Waals surface area contributed by atoms with E-state index in [9.17, 15) is 8.42 Å². The molecule has 8 heteroatoms. The predicted octanol–water partition coefficient (Wildman–Crippen LogP) is 3.26. The standard InChI is InChI=1S/C21H30N4O2S.HI/c1-5-23-21(25(4)15-20-9-7-6-8-17(20)2)24-14-18-10-12-19(13-11-18)16-28(26,27)22-3;/h6-13,22H,5,14-16H2,1-4H3,(H,23,24);1H. The minimum atomic E-state index is -3.26. The van der Waals surface area contributed by atoms with Crippen molar-refractivity contribution in [3.63, 3.8) is 0 Å². The van der Waals surface area contributed by atoms with Crippen molar-refractivity contribution in [3.05, 3.63) is 70.8 Å². The molecule has 2 N–H and O–H groups in total. The van der Waals surface area contributed by atoms with E-state index >= 15 is 0 Å². The van der Waals surface area contributed by atoms with E-state index < -0.39 is 10.0 Å². The van der Waals surface area contributed by atoms with E-state index in [4.69, 9.17) is 4.99 Å². The molecule has 0 saturated heterocycles. The van der Waals surface area contributed by atoms with Gasteiger partial charge in [-0.15, -0.1) is 24.0 Å². The lowest BCUT2D eigenvalue weighted by Crippen LogP contribution is -2.38. The van der Waals surface area contributed by atoms with Gasteiger partial charge in [0.15, 0.2) is 5.96 Å². The fraction of sp³-hybridized carbons (Fsp3) is 0.381. The molecule has 0 heterocycles. The molecule has 0 radical (unpaired) electrons. The van der Waals surface area contributed by atoms with Crippen molar-refractivity contribution in [2.24, 2.45) is 4.99 Å². The largest absolute Gasteiger partial charge is 0.357 e. The Kier molecular flexibility index (Phi) is 10.6. The van der Waals surface area contributed by atoms with Gasteiger partial charge in [0.05, 0.1) is 12.3 Å². The second-order valence-electron chi connectivity index (χ2n) is 6.73. The van der Waals surface area contributed by atoms with E-state index in [-0.39, 0.29) is 29.7 Å². The SMILES string of the molecule is CCNC(=NCc1ccc(CS(=O)(=O)NC)cc1)N(C)Cc1ccccc1C.I. The van der Waals surface area contributed by atoms with Gasteiger partial charge in [0.1, 0.15) is 0 Å². The van der Waals surface area contributed by atoms with Crippen LogP contribution in [0.1, 0.15) is 29.2 Å². The van der Waals surface area contributed by atoms with Crippen LogP contribution in [0.5, 0.6) is 0 Å². The smallest absolute Gasteiger partial charge is 0.215 e. The zero-order valence-corrected chi connectivity index (χ0v) is 20.6. The molecule has 2 aromatic carbocycles. The van der Waals surface area contributed by atoms with Crippen LogP contribution in [-0.4, -0.2) is 39.9 Å². The Hall–Kier alpha value is -1.65. The zero-order chi connectivity index (χ0) is 20.6. The lowest BCUT2D eigenvalue weighted by Gasteiger charge is -2.23. The third-order valence-corrected chi connectivity index (χ3v) is 5.80. The number of nitrogens with one attached hydrogen (secondary N) is 2. The zero-order valence-electron chi connectivity index (χ0n) is 17.5. The second-order valence-corrected chi connectivity index (χ2v) is 8.66. The van der Waals surface area contributed by atoms with Crippen LogP contribution in [-0.2, 0) is 28.9 Å². The third-order valence-electron chi connectivity index (χ3n) is 4.47. The van der Waals surface area contributed by atoms with Gasteiger partial charge in [-0.2, -0.15) is 0 Å². The fourth-order valence-corrected chi connectivity index (χ4v) is 3.56. The normalized spacial score (nSPS) is 11.7. The van der Waals surface area contributed by atoms with Crippen molar-refractivity contribution < 1.29 is 8.42 Å². The number of aliphatic imine (C=N–C) groups is 1. The number of hydrogen-bond acceptors (Lipinski definition) is 3. The number of aryl methyl sites for hydroxylation is 1. The third kappa shape index (κ3) is 8.31. The average Bonchev–Trinajstić information content (AvgIpc) is 2.68. The van der Waals surface area contributed by atoms with Gasteiger partial charge < -0.3 is 10.2 Å². The van der Waals surface area contributed by atoms with Crippen molar-refractivity contribution in [2.75, 3.05) is 20.6 Å². The first-order valence-corrected chi connectivity index (χ1v) is 11.0. The first kappa shape index (κ1) is 25.4. The van der Waals surface area contributed by atoms with Crippen molar-refractivity contribution in [2.45, 2.75) is 32.7 Å². The first-order valence-electron chi connectivity index (χ1n) is 9.37. The van der Waals surface area contributed by atoms with E-state index in [1.54, 1.807) is 0 Å². The van der Waals surface area contributed by atoms with Crippen molar-refractivity contribution in [3.8, 4) is 0 Å². The molecule has 2 aromatic rings. The molecular formula is C21H31IN4O2S. The first-order chi connectivity index (χ1) is 13.3. The summed E-state index contributed by atoms with van der Waals surface area (Å²) in [4.78, 5) is 6.84. The minimum absolute atomic E-state index is 0. The summed E-state index contributed by atoms with van der Waals surface area (Å²) in [6.07, 6.45) is 0. The molecule has 2 rings (SSSR count). The molecule has 0 aliphatic rings. The van der Waals surface area contributed by atoms with Crippen LogP contribution in [0.3, 0.4) is 0 Å². The second kappa shape index (κ2) is 12.1. The van der Waals surface area contributed by atoms with Crippen LogP contribution in [0.2, 0.25) is 0 Å². The van der Waals surface area contributed by atoms with Gasteiger partial charge in [-0.05, 0) is 43.1 Å². The maximum Gasteiger partial charge on any atom is 0.215 e. The van der Waals surface area contributed by atoms with Crippen LogP contribution in [0.25, 0.3) is 0 Å². The van der Waals surface area contributed by atoms with Crippen LogP contribution in [0.4, 0.5) is 0 Å². The number of hydrogen-bond donors (Lipinski definition) is 2. The Balaban J connectivity index is 0.00000420. The van der Waals surface area contributed by atoms with Crippen LogP contribution >= 0.6 is 24.0 Å². The molecule has 0 spiro atoms. The van der Waals surface area contributed by atoms with E-state index in [1.807, 2.05) is 44.3 Å². The molecule has 0 aromatic heterocycles. The minimum Gasteiger partial charge on any atom is -0.357 e. The summed E-state index contributed by atoms with van der Waals surface area (Å²) < 4.78 is 25.6. The maximum absolute atomic E-state index is 11.6. The van der Waals surface area contributed by atoms with Gasteiger partial charge in [-0.1, -0.05) is 48.5 Å². The molecule has 0 aliphatic carbocycles. The van der Waals surface area contributed by atoms with Gasteiger partial charge in [0, 0.05) is 20.1 Å². The summed E-state index contributed by atoms with van der Waals surface area (Å²) in [7, 11) is 0.195. The van der Waals surface area contributed by atoms with E-state index in [0.29, 0.717) is 6.54 Å². The molecule has 160 valence electrons. The molecule has 0 atom stereocenters. The number of halogens is 1. The van der Waals surface area contributed by atoms with Crippen LogP contribution in [0.15, 0.2) is 53.5 Å². The molecular weight excluding hydrogens is 499 g/mol. The number of sulfonamides is 1. The van der Waals surface area contributed by atoms with Gasteiger partial charge in [0.25, 0.3) is 0 Å². The van der Waals surface area contributed by atoms with Crippen LogP contribution < -0.4 is 10.0 Å². The number of nitrogens with zero attached hydrogens (tertiary/aromatic N) is 2. The highest BCUT2D eigenvalue weighted by molar-refractivity contribution is 14.0. The quantitative estimate of drug-likeness (QED) is 0.312. The van der Waals surface area contributed by atoms with E-state index in [0.717, 1.165) is 30.2 Å². The van der Waals surface area contributed by atoms with Gasteiger partial charge in [-0.25, -0.2) is 18.1 Å². The van der Waals surface area contributed by atoms with Crippen molar-refractivity contribution >= 4 is 40.0 Å². The number of guanidine groups is 1. The molecule has 6 nitrogen and oxygen atoms in total. The molecule has 29 heavy (non-hydrogen) atoms. The Labute approximate surface area is 191 Å². The lowest BCUT2D eigenvalue weighted by atomic mass is 10.1. The molecule has 0 bridgehead atoms. The van der Waals surface area contributed by atoms with E-state index in [1.165, 1.54) is 18.2 Å². The van der Waals surface area contributed by atoms with Crippen molar-refractivity contribution in [1.29, 1.82) is 0 Å². The highest BCUT2D eigenvalue weighted by Gasteiger charge is 2.09. The Morgan fingerprint density at radius 1 is 1.07 bits per heavy atom. The summed E-state index contributed by atoms with van der Waals surface area (Å²) in [5, 5.41) is 3.33. The van der Waals surface area contributed by atoms with Gasteiger partial charge in [0.2, 0.25) is 10.0 Å².